The smallest absolute Gasteiger partial charge is 0.306 e. The van der Waals surface area contributed by atoms with Gasteiger partial charge in [-0.2, -0.15) is 0 Å². The maximum atomic E-state index is 12.3. The number of rotatable bonds is 2. The van der Waals surface area contributed by atoms with Gasteiger partial charge in [0.25, 0.3) is 5.91 Å². The van der Waals surface area contributed by atoms with Crippen molar-refractivity contribution in [2.24, 2.45) is 0 Å². The Kier molecular flexibility index (Phi) is 4.37. The highest BCUT2D eigenvalue weighted by Crippen LogP contribution is 2.32. The molecule has 0 aliphatic carbocycles. The number of carbonyl (C=O) groups is 2. The molecule has 0 radical (unpaired) electrons. The summed E-state index contributed by atoms with van der Waals surface area (Å²) in [7, 11) is 2.04. The summed E-state index contributed by atoms with van der Waals surface area (Å²) in [5.74, 6) is 6.10. The number of nitrogens with zero attached hydrogens (tertiary/aromatic N) is 3. The Bertz CT molecular complexity index is 508. The van der Waals surface area contributed by atoms with Gasteiger partial charge in [-0.15, -0.1) is 0 Å². The lowest BCUT2D eigenvalue weighted by atomic mass is 9.86. The Morgan fingerprint density at radius 3 is 2.36 bits per heavy atom. The minimum atomic E-state index is -0.675. The van der Waals surface area contributed by atoms with Gasteiger partial charge in [-0.3, -0.25) is 19.9 Å². The number of urea groups is 1. The van der Waals surface area contributed by atoms with Crippen LogP contribution < -0.4 is 5.32 Å². The van der Waals surface area contributed by atoms with E-state index in [-0.39, 0.29) is 11.9 Å². The molecule has 3 rings (SSSR count). The molecule has 3 aliphatic heterocycles. The molecule has 0 aromatic heterocycles. The van der Waals surface area contributed by atoms with Crippen LogP contribution in [0, 0.1) is 11.8 Å². The average molecular weight is 304 g/mol. The monoisotopic (exact) mass is 304 g/mol. The van der Waals surface area contributed by atoms with Gasteiger partial charge in [0.15, 0.2) is 0 Å². The maximum absolute atomic E-state index is 12.3. The highest BCUT2D eigenvalue weighted by molar-refractivity contribution is 6.07. The molecule has 3 aliphatic rings. The molecule has 0 aromatic rings. The predicted molar refractivity (Wildman–Crippen MR) is 83.2 cm³/mol. The zero-order chi connectivity index (χ0) is 15.6. The molecule has 6 heteroatoms. The van der Waals surface area contributed by atoms with E-state index < -0.39 is 5.54 Å². The summed E-state index contributed by atoms with van der Waals surface area (Å²) < 4.78 is 0. The first kappa shape index (κ1) is 15.3. The quantitative estimate of drug-likeness (QED) is 0.581. The van der Waals surface area contributed by atoms with Crippen molar-refractivity contribution in [3.63, 3.8) is 0 Å². The number of amides is 3. The van der Waals surface area contributed by atoms with E-state index in [4.69, 9.17) is 0 Å². The lowest BCUT2D eigenvalue weighted by Crippen LogP contribution is -2.56. The molecule has 3 amide bonds. The van der Waals surface area contributed by atoms with Gasteiger partial charge in [0.05, 0.1) is 13.1 Å². The van der Waals surface area contributed by atoms with E-state index in [1.807, 2.05) is 7.05 Å². The van der Waals surface area contributed by atoms with Gasteiger partial charge in [0.1, 0.15) is 5.54 Å². The van der Waals surface area contributed by atoms with Gasteiger partial charge in [-0.1, -0.05) is 11.8 Å². The molecule has 6 nitrogen and oxygen atoms in total. The van der Waals surface area contributed by atoms with E-state index in [0.717, 1.165) is 32.7 Å². The van der Waals surface area contributed by atoms with Gasteiger partial charge >= 0.3 is 6.03 Å². The van der Waals surface area contributed by atoms with E-state index >= 15 is 0 Å². The Morgan fingerprint density at radius 1 is 1.05 bits per heavy atom. The number of likely N-dealkylation sites (tertiary alicyclic amines) is 2. The Balaban J connectivity index is 1.63. The summed E-state index contributed by atoms with van der Waals surface area (Å²) in [6.07, 6.45) is 3.88. The first-order valence-corrected chi connectivity index (χ1v) is 8.11. The topological polar surface area (TPSA) is 55.9 Å². The van der Waals surface area contributed by atoms with Crippen LogP contribution >= 0.6 is 0 Å². The molecule has 1 spiro atoms. The standard InChI is InChI=1S/C16H24N4O2/c1-18-12-6-16(7-13-18)14(21)17-15(22)20(16)11-5-4-10-19-8-2-3-9-19/h2-3,6-13H2,1H3,(H,17,21,22). The number of imide groups is 1. The summed E-state index contributed by atoms with van der Waals surface area (Å²) in [5, 5.41) is 2.48. The minimum absolute atomic E-state index is 0.146. The molecule has 1 N–H and O–H groups in total. The van der Waals surface area contributed by atoms with Crippen molar-refractivity contribution in [3.05, 3.63) is 0 Å². The molecule has 0 bridgehead atoms. The molecule has 3 heterocycles. The van der Waals surface area contributed by atoms with Crippen molar-refractivity contribution in [2.75, 3.05) is 46.3 Å². The Hall–Kier alpha value is -1.58. The summed E-state index contributed by atoms with van der Waals surface area (Å²) in [6.45, 7) is 5.01. The molecular formula is C16H24N4O2. The fraction of sp³-hybridized carbons (Fsp3) is 0.750. The van der Waals surface area contributed by atoms with Crippen molar-refractivity contribution in [2.45, 2.75) is 31.2 Å². The van der Waals surface area contributed by atoms with E-state index in [1.54, 1.807) is 4.90 Å². The van der Waals surface area contributed by atoms with Crippen LogP contribution in [0.25, 0.3) is 0 Å². The van der Waals surface area contributed by atoms with Crippen molar-refractivity contribution >= 4 is 11.9 Å². The van der Waals surface area contributed by atoms with Crippen molar-refractivity contribution in [1.29, 1.82) is 0 Å². The summed E-state index contributed by atoms with van der Waals surface area (Å²) >= 11 is 0. The van der Waals surface area contributed by atoms with Crippen LogP contribution in [0.15, 0.2) is 0 Å². The van der Waals surface area contributed by atoms with Crippen LogP contribution in [0.5, 0.6) is 0 Å². The first-order chi connectivity index (χ1) is 10.6. The fourth-order valence-electron chi connectivity index (χ4n) is 3.55. The second-order valence-electron chi connectivity index (χ2n) is 6.52. The molecule has 3 fully saturated rings. The lowest BCUT2D eigenvalue weighted by molar-refractivity contribution is -0.128. The Labute approximate surface area is 131 Å². The first-order valence-electron chi connectivity index (χ1n) is 8.11. The highest BCUT2D eigenvalue weighted by atomic mass is 16.2. The largest absolute Gasteiger partial charge is 0.325 e. The third-order valence-corrected chi connectivity index (χ3v) is 5.08. The van der Waals surface area contributed by atoms with E-state index in [1.165, 1.54) is 12.8 Å². The number of carbonyl (C=O) groups excluding carboxylic acids is 2. The van der Waals surface area contributed by atoms with Crippen LogP contribution in [0.4, 0.5) is 4.79 Å². The molecule has 0 saturated carbocycles. The van der Waals surface area contributed by atoms with Crippen LogP contribution in [-0.4, -0.2) is 78.5 Å². The number of nitrogens with one attached hydrogen (secondary N) is 1. The van der Waals surface area contributed by atoms with Gasteiger partial charge in [0.2, 0.25) is 0 Å². The van der Waals surface area contributed by atoms with E-state index in [2.05, 4.69) is 27.0 Å². The summed E-state index contributed by atoms with van der Waals surface area (Å²) in [5.41, 5.74) is -0.675. The lowest BCUT2D eigenvalue weighted by Gasteiger charge is -2.40. The molecule has 0 atom stereocenters. The van der Waals surface area contributed by atoms with E-state index in [0.29, 0.717) is 19.4 Å². The molecule has 0 unspecified atom stereocenters. The van der Waals surface area contributed by atoms with Gasteiger partial charge < -0.3 is 4.90 Å². The number of hydrogen-bond donors (Lipinski definition) is 1. The van der Waals surface area contributed by atoms with Crippen LogP contribution in [0.1, 0.15) is 25.7 Å². The van der Waals surface area contributed by atoms with Gasteiger partial charge in [-0.05, 0) is 45.8 Å². The molecular weight excluding hydrogens is 280 g/mol. The zero-order valence-electron chi connectivity index (χ0n) is 13.2. The Morgan fingerprint density at radius 2 is 1.68 bits per heavy atom. The average Bonchev–Trinajstić information content (AvgIpc) is 3.08. The zero-order valence-corrected chi connectivity index (χ0v) is 13.2. The van der Waals surface area contributed by atoms with E-state index in [9.17, 15) is 9.59 Å². The molecule has 22 heavy (non-hydrogen) atoms. The second kappa shape index (κ2) is 6.27. The van der Waals surface area contributed by atoms with Gasteiger partial charge in [-0.25, -0.2) is 4.79 Å². The number of hydrogen-bond acceptors (Lipinski definition) is 4. The molecule has 0 aromatic carbocycles. The number of piperidine rings is 1. The van der Waals surface area contributed by atoms with Crippen molar-refractivity contribution < 1.29 is 9.59 Å². The maximum Gasteiger partial charge on any atom is 0.325 e. The van der Waals surface area contributed by atoms with Crippen molar-refractivity contribution in [1.82, 2.24) is 20.0 Å². The normalized spacial score (nSPS) is 25.4. The second-order valence-corrected chi connectivity index (χ2v) is 6.52. The minimum Gasteiger partial charge on any atom is -0.306 e. The predicted octanol–water partition coefficient (Wildman–Crippen LogP) is 0.102. The fourth-order valence-corrected chi connectivity index (χ4v) is 3.55. The molecule has 120 valence electrons. The van der Waals surface area contributed by atoms with Crippen molar-refractivity contribution in [3.8, 4) is 11.8 Å². The molecule has 3 saturated heterocycles. The van der Waals surface area contributed by atoms with Gasteiger partial charge in [0, 0.05) is 13.1 Å². The van der Waals surface area contributed by atoms with Crippen LogP contribution in [0.2, 0.25) is 0 Å². The third kappa shape index (κ3) is 2.83. The summed E-state index contributed by atoms with van der Waals surface area (Å²) in [6, 6.07) is -0.287. The van der Waals surface area contributed by atoms with Crippen LogP contribution in [-0.2, 0) is 4.79 Å². The summed E-state index contributed by atoms with van der Waals surface area (Å²) in [4.78, 5) is 30.5. The van der Waals surface area contributed by atoms with Crippen LogP contribution in [0.3, 0.4) is 0 Å². The SMILES string of the molecule is CN1CCC2(CC1)C(=O)NC(=O)N2CC#CCN1CCCC1. The third-order valence-electron chi connectivity index (χ3n) is 5.08. The highest BCUT2D eigenvalue weighted by Gasteiger charge is 2.53.